The van der Waals surface area contributed by atoms with Gasteiger partial charge in [-0.25, -0.2) is 9.97 Å². The maximum absolute atomic E-state index is 5.86. The van der Waals surface area contributed by atoms with Gasteiger partial charge in [-0.15, -0.1) is 0 Å². The third-order valence-corrected chi connectivity index (χ3v) is 3.13. The summed E-state index contributed by atoms with van der Waals surface area (Å²) in [5.41, 5.74) is 6.80. The first kappa shape index (κ1) is 12.1. The van der Waals surface area contributed by atoms with Crippen molar-refractivity contribution in [2.75, 3.05) is 30.8 Å². The van der Waals surface area contributed by atoms with Gasteiger partial charge in [0.15, 0.2) is 0 Å². The largest absolute Gasteiger partial charge is 0.383 e. The standard InChI is InChI=1S/C12H20N4O/c1-3-10-15-11(13)8(2)12(16-10)14-6-9-4-5-17-7-9/h9H,3-7H2,1-2H3,(H3,13,14,15,16). The molecule has 1 aliphatic rings. The molecule has 0 aromatic carbocycles. The van der Waals surface area contributed by atoms with Crippen LogP contribution >= 0.6 is 0 Å². The predicted octanol–water partition coefficient (Wildman–Crippen LogP) is 1.38. The average molecular weight is 236 g/mol. The fourth-order valence-electron chi connectivity index (χ4n) is 1.90. The van der Waals surface area contributed by atoms with E-state index < -0.39 is 0 Å². The first-order chi connectivity index (χ1) is 8.20. The van der Waals surface area contributed by atoms with Crippen LogP contribution in [0.5, 0.6) is 0 Å². The summed E-state index contributed by atoms with van der Waals surface area (Å²) in [4.78, 5) is 8.70. The van der Waals surface area contributed by atoms with Crippen molar-refractivity contribution in [3.05, 3.63) is 11.4 Å². The quantitative estimate of drug-likeness (QED) is 0.826. The molecule has 1 fully saturated rings. The lowest BCUT2D eigenvalue weighted by Crippen LogP contribution is -2.17. The van der Waals surface area contributed by atoms with E-state index in [1.807, 2.05) is 13.8 Å². The third kappa shape index (κ3) is 2.85. The lowest BCUT2D eigenvalue weighted by atomic mass is 10.1. The first-order valence-corrected chi connectivity index (χ1v) is 6.15. The lowest BCUT2D eigenvalue weighted by molar-refractivity contribution is 0.187. The topological polar surface area (TPSA) is 73.1 Å². The molecule has 17 heavy (non-hydrogen) atoms. The predicted molar refractivity (Wildman–Crippen MR) is 68.0 cm³/mol. The van der Waals surface area contributed by atoms with Crippen molar-refractivity contribution in [2.45, 2.75) is 26.7 Å². The van der Waals surface area contributed by atoms with Gasteiger partial charge in [0.25, 0.3) is 0 Å². The van der Waals surface area contributed by atoms with Gasteiger partial charge in [0.2, 0.25) is 0 Å². The molecule has 1 aromatic rings. The molecule has 0 saturated carbocycles. The monoisotopic (exact) mass is 236 g/mol. The normalized spacial score (nSPS) is 19.5. The summed E-state index contributed by atoms with van der Waals surface area (Å²) in [6, 6.07) is 0. The molecule has 0 amide bonds. The third-order valence-electron chi connectivity index (χ3n) is 3.13. The Balaban J connectivity index is 2.05. The summed E-state index contributed by atoms with van der Waals surface area (Å²) in [6.07, 6.45) is 1.92. The number of nitrogen functional groups attached to an aromatic ring is 1. The molecule has 5 nitrogen and oxygen atoms in total. The molecular weight excluding hydrogens is 216 g/mol. The molecule has 5 heteroatoms. The Morgan fingerprint density at radius 3 is 2.94 bits per heavy atom. The molecule has 1 unspecified atom stereocenters. The van der Waals surface area contributed by atoms with Crippen molar-refractivity contribution in [3.8, 4) is 0 Å². The zero-order chi connectivity index (χ0) is 12.3. The van der Waals surface area contributed by atoms with Gasteiger partial charge >= 0.3 is 0 Å². The van der Waals surface area contributed by atoms with E-state index >= 15 is 0 Å². The maximum Gasteiger partial charge on any atom is 0.134 e. The molecule has 0 bridgehead atoms. The van der Waals surface area contributed by atoms with Crippen LogP contribution < -0.4 is 11.1 Å². The van der Waals surface area contributed by atoms with Crippen LogP contribution in [0.4, 0.5) is 11.6 Å². The van der Waals surface area contributed by atoms with E-state index in [1.165, 1.54) is 0 Å². The molecule has 0 radical (unpaired) electrons. The Hall–Kier alpha value is -1.36. The number of hydrogen-bond acceptors (Lipinski definition) is 5. The summed E-state index contributed by atoms with van der Waals surface area (Å²) >= 11 is 0. The number of ether oxygens (including phenoxy) is 1. The van der Waals surface area contributed by atoms with Gasteiger partial charge in [-0.1, -0.05) is 6.92 Å². The number of hydrogen-bond donors (Lipinski definition) is 2. The second kappa shape index (κ2) is 5.31. The molecular formula is C12H20N4O. The second-order valence-electron chi connectivity index (χ2n) is 4.46. The Morgan fingerprint density at radius 1 is 1.47 bits per heavy atom. The highest BCUT2D eigenvalue weighted by molar-refractivity contribution is 5.54. The highest BCUT2D eigenvalue weighted by Crippen LogP contribution is 2.19. The molecule has 1 aromatic heterocycles. The number of nitrogens with two attached hydrogens (primary N) is 1. The molecule has 2 rings (SSSR count). The van der Waals surface area contributed by atoms with Crippen LogP contribution in [0, 0.1) is 12.8 Å². The molecule has 0 spiro atoms. The summed E-state index contributed by atoms with van der Waals surface area (Å²) in [6.45, 7) is 6.58. The molecule has 1 atom stereocenters. The summed E-state index contributed by atoms with van der Waals surface area (Å²) < 4.78 is 5.35. The van der Waals surface area contributed by atoms with Crippen LogP contribution in [-0.2, 0) is 11.2 Å². The fourth-order valence-corrected chi connectivity index (χ4v) is 1.90. The second-order valence-corrected chi connectivity index (χ2v) is 4.46. The zero-order valence-corrected chi connectivity index (χ0v) is 10.5. The van der Waals surface area contributed by atoms with E-state index in [-0.39, 0.29) is 0 Å². The number of nitrogens with one attached hydrogen (secondary N) is 1. The van der Waals surface area contributed by atoms with Crippen LogP contribution in [-0.4, -0.2) is 29.7 Å². The Labute approximate surface area is 102 Å². The van der Waals surface area contributed by atoms with Gasteiger partial charge < -0.3 is 15.8 Å². The minimum absolute atomic E-state index is 0.571. The van der Waals surface area contributed by atoms with E-state index in [1.54, 1.807) is 0 Å². The van der Waals surface area contributed by atoms with Crippen molar-refractivity contribution in [2.24, 2.45) is 5.92 Å². The molecule has 1 aliphatic heterocycles. The number of aryl methyl sites for hydroxylation is 1. The summed E-state index contributed by atoms with van der Waals surface area (Å²) in [5, 5.41) is 3.36. The number of anilines is 2. The Bertz CT molecular complexity index is 388. The van der Waals surface area contributed by atoms with Gasteiger partial charge in [-0.3, -0.25) is 0 Å². The van der Waals surface area contributed by atoms with Crippen molar-refractivity contribution < 1.29 is 4.74 Å². The molecule has 2 heterocycles. The number of rotatable bonds is 4. The van der Waals surface area contributed by atoms with Crippen molar-refractivity contribution in [1.82, 2.24) is 9.97 Å². The highest BCUT2D eigenvalue weighted by Gasteiger charge is 2.16. The minimum Gasteiger partial charge on any atom is -0.383 e. The maximum atomic E-state index is 5.86. The molecule has 1 saturated heterocycles. The van der Waals surface area contributed by atoms with E-state index in [0.717, 1.165) is 49.8 Å². The lowest BCUT2D eigenvalue weighted by Gasteiger charge is -2.13. The molecule has 3 N–H and O–H groups in total. The van der Waals surface area contributed by atoms with E-state index in [9.17, 15) is 0 Å². The summed E-state index contributed by atoms with van der Waals surface area (Å²) in [7, 11) is 0. The van der Waals surface area contributed by atoms with Crippen LogP contribution in [0.25, 0.3) is 0 Å². The van der Waals surface area contributed by atoms with Crippen molar-refractivity contribution in [3.63, 3.8) is 0 Å². The number of aromatic nitrogens is 2. The first-order valence-electron chi connectivity index (χ1n) is 6.15. The van der Waals surface area contributed by atoms with Crippen molar-refractivity contribution in [1.29, 1.82) is 0 Å². The van der Waals surface area contributed by atoms with Crippen LogP contribution in [0.1, 0.15) is 24.7 Å². The van der Waals surface area contributed by atoms with Crippen molar-refractivity contribution >= 4 is 11.6 Å². The Kier molecular flexibility index (Phi) is 3.78. The van der Waals surface area contributed by atoms with E-state index in [0.29, 0.717) is 11.7 Å². The van der Waals surface area contributed by atoms with Gasteiger partial charge in [0, 0.05) is 31.1 Å². The SMILES string of the molecule is CCc1nc(N)c(C)c(NCC2CCOC2)n1. The van der Waals surface area contributed by atoms with Gasteiger partial charge in [-0.05, 0) is 13.3 Å². The van der Waals surface area contributed by atoms with Gasteiger partial charge in [0.05, 0.1) is 6.61 Å². The van der Waals surface area contributed by atoms with E-state index in [4.69, 9.17) is 10.5 Å². The summed E-state index contributed by atoms with van der Waals surface area (Å²) in [5.74, 6) is 2.80. The molecule has 0 aliphatic carbocycles. The minimum atomic E-state index is 0.571. The van der Waals surface area contributed by atoms with Gasteiger partial charge in [0.1, 0.15) is 17.5 Å². The average Bonchev–Trinajstić information content (AvgIpc) is 2.84. The fraction of sp³-hybridized carbons (Fsp3) is 0.667. The van der Waals surface area contributed by atoms with Crippen LogP contribution in [0.2, 0.25) is 0 Å². The van der Waals surface area contributed by atoms with Crippen LogP contribution in [0.15, 0.2) is 0 Å². The van der Waals surface area contributed by atoms with E-state index in [2.05, 4.69) is 15.3 Å². The molecule has 94 valence electrons. The smallest absolute Gasteiger partial charge is 0.134 e. The Morgan fingerprint density at radius 2 is 2.29 bits per heavy atom. The van der Waals surface area contributed by atoms with Gasteiger partial charge in [-0.2, -0.15) is 0 Å². The van der Waals surface area contributed by atoms with Crippen LogP contribution in [0.3, 0.4) is 0 Å². The highest BCUT2D eigenvalue weighted by atomic mass is 16.5. The zero-order valence-electron chi connectivity index (χ0n) is 10.5. The number of nitrogens with zero attached hydrogens (tertiary/aromatic N) is 2.